The van der Waals surface area contributed by atoms with Gasteiger partial charge < -0.3 is 5.73 Å². The van der Waals surface area contributed by atoms with Crippen LogP contribution in [0.25, 0.3) is 0 Å². The number of anilines is 1. The van der Waals surface area contributed by atoms with Gasteiger partial charge in [0.2, 0.25) is 0 Å². The van der Waals surface area contributed by atoms with Crippen molar-refractivity contribution in [3.05, 3.63) is 61.0 Å². The summed E-state index contributed by atoms with van der Waals surface area (Å²) < 4.78 is 0.720. The number of nitrogens with two attached hydrogens (primary N) is 1. The molecule has 0 aliphatic carbocycles. The molecule has 0 saturated heterocycles. The van der Waals surface area contributed by atoms with E-state index in [1.807, 2.05) is 0 Å². The summed E-state index contributed by atoms with van der Waals surface area (Å²) >= 11 is 21.1. The normalized spacial score (nSPS) is 10.5. The first kappa shape index (κ1) is 14.7. The molecule has 19 heavy (non-hydrogen) atoms. The van der Waals surface area contributed by atoms with E-state index in [0.29, 0.717) is 16.3 Å². The van der Waals surface area contributed by atoms with Crippen LogP contribution in [0, 0.1) is 0 Å². The predicted molar refractivity (Wildman–Crippen MR) is 83.5 cm³/mol. The van der Waals surface area contributed by atoms with Crippen LogP contribution in [0.2, 0.25) is 15.1 Å². The molecule has 6 heteroatoms. The summed E-state index contributed by atoms with van der Waals surface area (Å²) in [6.45, 7) is 0. The fourth-order valence-electron chi connectivity index (χ4n) is 1.59. The van der Waals surface area contributed by atoms with Crippen molar-refractivity contribution < 1.29 is 4.79 Å². The van der Waals surface area contributed by atoms with Crippen LogP contribution >= 0.6 is 50.7 Å². The Hall–Kier alpha value is -0.740. The maximum atomic E-state index is 12.4. The highest BCUT2D eigenvalue weighted by Gasteiger charge is 2.18. The molecule has 0 saturated carbocycles. The van der Waals surface area contributed by atoms with Crippen LogP contribution in [-0.2, 0) is 0 Å². The highest BCUT2D eigenvalue weighted by atomic mass is 79.9. The Morgan fingerprint density at radius 3 is 2.16 bits per heavy atom. The first-order valence-corrected chi connectivity index (χ1v) is 7.07. The van der Waals surface area contributed by atoms with Gasteiger partial charge in [-0.15, -0.1) is 0 Å². The summed E-state index contributed by atoms with van der Waals surface area (Å²) in [5, 5.41) is 0.801. The summed E-state index contributed by atoms with van der Waals surface area (Å²) in [6, 6.07) is 7.85. The van der Waals surface area contributed by atoms with Gasteiger partial charge in [-0.1, -0.05) is 34.8 Å². The molecule has 0 heterocycles. The summed E-state index contributed by atoms with van der Waals surface area (Å²) in [5.41, 5.74) is 6.84. The third-order valence-corrected chi connectivity index (χ3v) is 4.03. The van der Waals surface area contributed by atoms with Crippen LogP contribution in [0.4, 0.5) is 5.69 Å². The fourth-order valence-corrected chi connectivity index (χ4v) is 2.82. The second-order valence-electron chi connectivity index (χ2n) is 3.81. The standard InChI is InChI=1S/C13H7BrCl3NO/c14-8-2-1-6(3-11(8)18)13(19)12-9(16)4-7(15)5-10(12)17/h1-5H,18H2. The second kappa shape index (κ2) is 5.71. The lowest BCUT2D eigenvalue weighted by Crippen LogP contribution is -2.04. The van der Waals surface area contributed by atoms with E-state index >= 15 is 0 Å². The molecule has 0 spiro atoms. The van der Waals surface area contributed by atoms with Crippen LogP contribution in [0.3, 0.4) is 0 Å². The first-order valence-electron chi connectivity index (χ1n) is 5.14. The second-order valence-corrected chi connectivity index (χ2v) is 5.92. The largest absolute Gasteiger partial charge is 0.398 e. The quantitative estimate of drug-likeness (QED) is 0.574. The molecular formula is C13H7BrCl3NO. The number of ketones is 1. The van der Waals surface area contributed by atoms with Gasteiger partial charge in [0.1, 0.15) is 0 Å². The molecule has 2 aromatic rings. The van der Waals surface area contributed by atoms with Gasteiger partial charge in [-0.2, -0.15) is 0 Å². The number of carbonyl (C=O) groups excluding carboxylic acids is 1. The van der Waals surface area contributed by atoms with Crippen molar-refractivity contribution in [1.29, 1.82) is 0 Å². The van der Waals surface area contributed by atoms with Gasteiger partial charge in [0.15, 0.2) is 5.78 Å². The number of benzene rings is 2. The third-order valence-electron chi connectivity index (χ3n) is 2.49. The van der Waals surface area contributed by atoms with E-state index in [0.717, 1.165) is 4.47 Å². The maximum absolute atomic E-state index is 12.4. The number of carbonyl (C=O) groups is 1. The molecule has 0 aliphatic heterocycles. The van der Waals surface area contributed by atoms with Gasteiger partial charge >= 0.3 is 0 Å². The number of rotatable bonds is 2. The number of nitrogen functional groups attached to an aromatic ring is 1. The molecule has 2 N–H and O–H groups in total. The fraction of sp³-hybridized carbons (Fsp3) is 0. The van der Waals surface area contributed by atoms with Crippen molar-refractivity contribution in [2.75, 3.05) is 5.73 Å². The minimum atomic E-state index is -0.300. The molecule has 0 fully saturated rings. The summed E-state index contributed by atoms with van der Waals surface area (Å²) in [6.07, 6.45) is 0. The Morgan fingerprint density at radius 1 is 1.05 bits per heavy atom. The topological polar surface area (TPSA) is 43.1 Å². The Balaban J connectivity index is 2.53. The third kappa shape index (κ3) is 3.06. The molecule has 0 unspecified atom stereocenters. The molecule has 0 aliphatic rings. The molecule has 2 rings (SSSR count). The van der Waals surface area contributed by atoms with E-state index in [2.05, 4.69) is 15.9 Å². The van der Waals surface area contributed by atoms with Crippen LogP contribution in [0.15, 0.2) is 34.8 Å². The van der Waals surface area contributed by atoms with Crippen LogP contribution in [0.5, 0.6) is 0 Å². The number of hydrogen-bond acceptors (Lipinski definition) is 2. The lowest BCUT2D eigenvalue weighted by molar-refractivity contribution is 0.103. The molecule has 0 amide bonds. The van der Waals surface area contributed by atoms with E-state index in [1.165, 1.54) is 12.1 Å². The zero-order chi connectivity index (χ0) is 14.2. The molecule has 0 radical (unpaired) electrons. The van der Waals surface area contributed by atoms with Gasteiger partial charge in [0, 0.05) is 20.7 Å². The zero-order valence-electron chi connectivity index (χ0n) is 9.38. The lowest BCUT2D eigenvalue weighted by Gasteiger charge is -2.08. The van der Waals surface area contributed by atoms with Crippen LogP contribution in [-0.4, -0.2) is 5.78 Å². The number of hydrogen-bond donors (Lipinski definition) is 1. The van der Waals surface area contributed by atoms with E-state index in [-0.39, 0.29) is 21.4 Å². The monoisotopic (exact) mass is 377 g/mol. The van der Waals surface area contributed by atoms with Gasteiger partial charge in [-0.05, 0) is 46.3 Å². The van der Waals surface area contributed by atoms with Crippen LogP contribution in [0.1, 0.15) is 15.9 Å². The molecule has 2 aromatic carbocycles. The van der Waals surface area contributed by atoms with Crippen molar-refractivity contribution in [3.63, 3.8) is 0 Å². The maximum Gasteiger partial charge on any atom is 0.196 e. The van der Waals surface area contributed by atoms with Crippen molar-refractivity contribution >= 4 is 62.2 Å². The highest BCUT2D eigenvalue weighted by Crippen LogP contribution is 2.31. The Labute approximate surface area is 133 Å². The number of halogens is 4. The van der Waals surface area contributed by atoms with Gasteiger partial charge in [-0.25, -0.2) is 0 Å². The van der Waals surface area contributed by atoms with E-state index in [4.69, 9.17) is 40.5 Å². The molecule has 2 nitrogen and oxygen atoms in total. The van der Waals surface area contributed by atoms with E-state index in [1.54, 1.807) is 18.2 Å². The van der Waals surface area contributed by atoms with Crippen molar-refractivity contribution in [1.82, 2.24) is 0 Å². The van der Waals surface area contributed by atoms with Crippen molar-refractivity contribution in [2.45, 2.75) is 0 Å². The molecule has 98 valence electrons. The van der Waals surface area contributed by atoms with Crippen molar-refractivity contribution in [2.24, 2.45) is 0 Å². The lowest BCUT2D eigenvalue weighted by atomic mass is 10.0. The van der Waals surface area contributed by atoms with Gasteiger partial charge in [0.05, 0.1) is 15.6 Å². The Bertz CT molecular complexity index is 650. The van der Waals surface area contributed by atoms with E-state index in [9.17, 15) is 4.79 Å². The summed E-state index contributed by atoms with van der Waals surface area (Å²) in [7, 11) is 0. The van der Waals surface area contributed by atoms with Gasteiger partial charge in [0.25, 0.3) is 0 Å². The minimum absolute atomic E-state index is 0.212. The molecule has 0 bridgehead atoms. The molecular weight excluding hydrogens is 372 g/mol. The minimum Gasteiger partial charge on any atom is -0.398 e. The first-order chi connectivity index (χ1) is 8.90. The SMILES string of the molecule is Nc1cc(C(=O)c2c(Cl)cc(Cl)cc2Cl)ccc1Br. The Kier molecular flexibility index (Phi) is 4.41. The van der Waals surface area contributed by atoms with E-state index < -0.39 is 0 Å². The summed E-state index contributed by atoms with van der Waals surface area (Å²) in [4.78, 5) is 12.4. The van der Waals surface area contributed by atoms with Gasteiger partial charge in [-0.3, -0.25) is 4.79 Å². The average molecular weight is 379 g/mol. The Morgan fingerprint density at radius 2 is 1.63 bits per heavy atom. The highest BCUT2D eigenvalue weighted by molar-refractivity contribution is 9.10. The average Bonchev–Trinajstić information content (AvgIpc) is 2.31. The zero-order valence-corrected chi connectivity index (χ0v) is 13.2. The molecule has 0 atom stereocenters. The summed E-state index contributed by atoms with van der Waals surface area (Å²) in [5.74, 6) is -0.300. The van der Waals surface area contributed by atoms with Crippen molar-refractivity contribution in [3.8, 4) is 0 Å². The molecule has 0 aromatic heterocycles. The smallest absolute Gasteiger partial charge is 0.196 e. The predicted octanol–water partition coefficient (Wildman–Crippen LogP) is 5.22. The van der Waals surface area contributed by atoms with Crippen LogP contribution < -0.4 is 5.73 Å².